The zero-order valence-electron chi connectivity index (χ0n) is 13.5. The predicted octanol–water partition coefficient (Wildman–Crippen LogP) is 1.60. The highest BCUT2D eigenvalue weighted by atomic mass is 16.4. The fraction of sp³-hybridized carbons (Fsp3) is 0.533. The van der Waals surface area contributed by atoms with Crippen LogP contribution in [0.15, 0.2) is 12.1 Å². The Bertz CT molecular complexity index is 548. The maximum absolute atomic E-state index is 11.8. The maximum Gasteiger partial charge on any atom is 0.335 e. The summed E-state index contributed by atoms with van der Waals surface area (Å²) in [5, 5.41) is 9.23. The van der Waals surface area contributed by atoms with Gasteiger partial charge in [-0.3, -0.25) is 4.79 Å². The van der Waals surface area contributed by atoms with E-state index in [0.29, 0.717) is 11.5 Å². The van der Waals surface area contributed by atoms with Crippen LogP contribution in [-0.2, 0) is 10.2 Å². The summed E-state index contributed by atoms with van der Waals surface area (Å²) in [5.41, 5.74) is 0.586. The van der Waals surface area contributed by atoms with Gasteiger partial charge in [-0.25, -0.2) is 9.78 Å². The minimum atomic E-state index is -1.00. The molecular formula is C15H23N3O3. The standard InChI is InChI=1S/C15H23N3O3/c1-15(2,3)11-7-10(14(20)21)8-12(16-11)18(6)9-13(19)17(4)5/h7-8H,9H2,1-6H3,(H,20,21). The third-order valence-electron chi connectivity index (χ3n) is 3.09. The second-order valence-corrected chi connectivity index (χ2v) is 6.30. The summed E-state index contributed by atoms with van der Waals surface area (Å²) in [4.78, 5) is 30.7. The van der Waals surface area contributed by atoms with Crippen molar-refractivity contribution in [3.8, 4) is 0 Å². The first kappa shape index (κ1) is 16.9. The zero-order valence-corrected chi connectivity index (χ0v) is 13.5. The topological polar surface area (TPSA) is 73.7 Å². The molecule has 0 saturated heterocycles. The molecule has 0 aliphatic heterocycles. The molecule has 6 nitrogen and oxygen atoms in total. The molecule has 1 rings (SSSR count). The van der Waals surface area contributed by atoms with E-state index in [-0.39, 0.29) is 23.4 Å². The van der Waals surface area contributed by atoms with Crippen molar-refractivity contribution >= 4 is 17.7 Å². The smallest absolute Gasteiger partial charge is 0.335 e. The van der Waals surface area contributed by atoms with Gasteiger partial charge in [0.2, 0.25) is 5.91 Å². The lowest BCUT2D eigenvalue weighted by Crippen LogP contribution is -2.35. The molecule has 0 spiro atoms. The molecule has 116 valence electrons. The maximum atomic E-state index is 11.8. The largest absolute Gasteiger partial charge is 0.478 e. The molecule has 0 bridgehead atoms. The van der Waals surface area contributed by atoms with Crippen molar-refractivity contribution in [2.75, 3.05) is 32.6 Å². The van der Waals surface area contributed by atoms with Crippen molar-refractivity contribution in [3.63, 3.8) is 0 Å². The van der Waals surface area contributed by atoms with Crippen LogP contribution in [0.1, 0.15) is 36.8 Å². The Morgan fingerprint density at radius 1 is 1.19 bits per heavy atom. The molecule has 1 aromatic rings. The summed E-state index contributed by atoms with van der Waals surface area (Å²) >= 11 is 0. The number of carbonyl (C=O) groups is 2. The van der Waals surface area contributed by atoms with Gasteiger partial charge in [-0.15, -0.1) is 0 Å². The van der Waals surface area contributed by atoms with Gasteiger partial charge in [-0.05, 0) is 12.1 Å². The molecule has 0 fully saturated rings. The van der Waals surface area contributed by atoms with Crippen LogP contribution in [0.2, 0.25) is 0 Å². The Hall–Kier alpha value is -2.11. The minimum absolute atomic E-state index is 0.0719. The summed E-state index contributed by atoms with van der Waals surface area (Å²) < 4.78 is 0. The Morgan fingerprint density at radius 2 is 1.76 bits per heavy atom. The quantitative estimate of drug-likeness (QED) is 0.912. The van der Waals surface area contributed by atoms with E-state index in [2.05, 4.69) is 4.98 Å². The molecular weight excluding hydrogens is 270 g/mol. The molecule has 0 aliphatic rings. The molecule has 1 aromatic heterocycles. The van der Waals surface area contributed by atoms with Crippen molar-refractivity contribution in [2.24, 2.45) is 0 Å². The second-order valence-electron chi connectivity index (χ2n) is 6.30. The summed E-state index contributed by atoms with van der Waals surface area (Å²) in [6.07, 6.45) is 0. The number of likely N-dealkylation sites (N-methyl/N-ethyl adjacent to an activating group) is 2. The van der Waals surface area contributed by atoms with Gasteiger partial charge in [-0.1, -0.05) is 20.8 Å². The van der Waals surface area contributed by atoms with Gasteiger partial charge in [0.15, 0.2) is 0 Å². The number of anilines is 1. The average Bonchev–Trinajstić information content (AvgIpc) is 2.36. The normalized spacial score (nSPS) is 11.1. The first-order valence-corrected chi connectivity index (χ1v) is 6.69. The predicted molar refractivity (Wildman–Crippen MR) is 81.9 cm³/mol. The number of amides is 1. The highest BCUT2D eigenvalue weighted by molar-refractivity contribution is 5.89. The Morgan fingerprint density at radius 3 is 2.19 bits per heavy atom. The molecule has 0 saturated carbocycles. The van der Waals surface area contributed by atoms with Crippen LogP contribution in [0.25, 0.3) is 0 Å². The van der Waals surface area contributed by atoms with Crippen LogP contribution in [0.5, 0.6) is 0 Å². The van der Waals surface area contributed by atoms with Crippen molar-refractivity contribution in [1.82, 2.24) is 9.88 Å². The number of aromatic nitrogens is 1. The van der Waals surface area contributed by atoms with E-state index < -0.39 is 5.97 Å². The minimum Gasteiger partial charge on any atom is -0.478 e. The number of nitrogens with zero attached hydrogens (tertiary/aromatic N) is 3. The van der Waals surface area contributed by atoms with E-state index in [9.17, 15) is 14.7 Å². The van der Waals surface area contributed by atoms with E-state index in [4.69, 9.17) is 0 Å². The summed E-state index contributed by atoms with van der Waals surface area (Å²) in [7, 11) is 5.08. The Balaban J connectivity index is 3.20. The SMILES string of the molecule is CN(C)C(=O)CN(C)c1cc(C(=O)O)cc(C(C)(C)C)n1. The van der Waals surface area contributed by atoms with E-state index in [0.717, 1.165) is 0 Å². The number of rotatable bonds is 4. The van der Waals surface area contributed by atoms with Crippen LogP contribution in [0.3, 0.4) is 0 Å². The Kier molecular flexibility index (Phi) is 4.93. The lowest BCUT2D eigenvalue weighted by atomic mass is 9.90. The van der Waals surface area contributed by atoms with E-state index in [1.54, 1.807) is 32.1 Å². The molecule has 0 atom stereocenters. The van der Waals surface area contributed by atoms with Crippen LogP contribution >= 0.6 is 0 Å². The molecule has 0 unspecified atom stereocenters. The van der Waals surface area contributed by atoms with Gasteiger partial charge < -0.3 is 14.9 Å². The summed E-state index contributed by atoms with van der Waals surface area (Å²) in [6.45, 7) is 6.05. The average molecular weight is 293 g/mol. The van der Waals surface area contributed by atoms with Gasteiger partial charge in [0.1, 0.15) is 5.82 Å². The molecule has 0 aromatic carbocycles. The molecule has 6 heteroatoms. The van der Waals surface area contributed by atoms with Crippen molar-refractivity contribution in [2.45, 2.75) is 26.2 Å². The van der Waals surface area contributed by atoms with Crippen molar-refractivity contribution < 1.29 is 14.7 Å². The van der Waals surface area contributed by atoms with E-state index in [1.165, 1.54) is 11.0 Å². The van der Waals surface area contributed by atoms with Crippen molar-refractivity contribution in [3.05, 3.63) is 23.4 Å². The number of carboxylic acid groups (broad SMARTS) is 1. The van der Waals surface area contributed by atoms with Gasteiger partial charge >= 0.3 is 5.97 Å². The number of hydrogen-bond acceptors (Lipinski definition) is 4. The fourth-order valence-corrected chi connectivity index (χ4v) is 1.64. The second kappa shape index (κ2) is 6.11. The lowest BCUT2D eigenvalue weighted by Gasteiger charge is -2.24. The summed E-state index contributed by atoms with van der Waals surface area (Å²) in [5.74, 6) is -0.594. The first-order chi connectivity index (χ1) is 9.52. The third-order valence-corrected chi connectivity index (χ3v) is 3.09. The van der Waals surface area contributed by atoms with E-state index in [1.807, 2.05) is 20.8 Å². The molecule has 1 amide bonds. The first-order valence-electron chi connectivity index (χ1n) is 6.69. The highest BCUT2D eigenvalue weighted by Crippen LogP contribution is 2.24. The van der Waals surface area contributed by atoms with Crippen LogP contribution in [-0.4, -0.2) is 54.6 Å². The monoisotopic (exact) mass is 293 g/mol. The summed E-state index contributed by atoms with van der Waals surface area (Å²) in [6, 6.07) is 3.06. The zero-order chi connectivity index (χ0) is 16.4. The fourth-order valence-electron chi connectivity index (χ4n) is 1.64. The van der Waals surface area contributed by atoms with Crippen molar-refractivity contribution in [1.29, 1.82) is 0 Å². The molecule has 1 N–H and O–H groups in total. The highest BCUT2D eigenvalue weighted by Gasteiger charge is 2.21. The van der Waals surface area contributed by atoms with E-state index >= 15 is 0 Å². The molecule has 21 heavy (non-hydrogen) atoms. The number of aromatic carboxylic acids is 1. The number of pyridine rings is 1. The third kappa shape index (κ3) is 4.44. The molecule has 0 aliphatic carbocycles. The van der Waals surface area contributed by atoms with Crippen LogP contribution in [0.4, 0.5) is 5.82 Å². The number of carboxylic acids is 1. The van der Waals surface area contributed by atoms with Crippen LogP contribution < -0.4 is 4.90 Å². The Labute approximate surface area is 125 Å². The van der Waals surface area contributed by atoms with Gasteiger partial charge in [0.05, 0.1) is 12.1 Å². The van der Waals surface area contributed by atoms with Gasteiger partial charge in [0.25, 0.3) is 0 Å². The van der Waals surface area contributed by atoms with Gasteiger partial charge in [0, 0.05) is 32.3 Å². The number of hydrogen-bond donors (Lipinski definition) is 1. The number of carbonyl (C=O) groups excluding carboxylic acids is 1. The van der Waals surface area contributed by atoms with Crippen LogP contribution in [0, 0.1) is 0 Å². The molecule has 0 radical (unpaired) electrons. The molecule has 1 heterocycles. The van der Waals surface area contributed by atoms with Gasteiger partial charge in [-0.2, -0.15) is 0 Å². The lowest BCUT2D eigenvalue weighted by molar-refractivity contribution is -0.127.